The summed E-state index contributed by atoms with van der Waals surface area (Å²) in [6, 6.07) is 5.82. The monoisotopic (exact) mass is 286 g/mol. The third-order valence-corrected chi connectivity index (χ3v) is 3.39. The van der Waals surface area contributed by atoms with Crippen LogP contribution in [0.3, 0.4) is 0 Å². The Labute approximate surface area is 123 Å². The Morgan fingerprint density at radius 2 is 2.24 bits per heavy atom. The van der Waals surface area contributed by atoms with Gasteiger partial charge in [-0.25, -0.2) is 4.98 Å². The Balaban J connectivity index is 1.77. The van der Waals surface area contributed by atoms with Gasteiger partial charge in [0.1, 0.15) is 18.3 Å². The summed E-state index contributed by atoms with van der Waals surface area (Å²) in [6.07, 6.45) is 3.64. The summed E-state index contributed by atoms with van der Waals surface area (Å²) in [6.45, 7) is 2.10. The number of amidine groups is 1. The molecule has 2 aromatic rings. The maximum Gasteiger partial charge on any atom is 0.161 e. The summed E-state index contributed by atoms with van der Waals surface area (Å²) in [4.78, 5) is 8.64. The zero-order valence-corrected chi connectivity index (χ0v) is 12.2. The smallest absolute Gasteiger partial charge is 0.161 e. The van der Waals surface area contributed by atoms with Crippen LogP contribution in [0.1, 0.15) is 11.4 Å². The van der Waals surface area contributed by atoms with Crippen molar-refractivity contribution in [2.45, 2.75) is 6.61 Å². The van der Waals surface area contributed by atoms with Gasteiger partial charge in [-0.15, -0.1) is 0 Å². The molecule has 21 heavy (non-hydrogen) atoms. The summed E-state index contributed by atoms with van der Waals surface area (Å²) >= 11 is 0. The molecule has 6 nitrogen and oxygen atoms in total. The van der Waals surface area contributed by atoms with Crippen molar-refractivity contribution < 1.29 is 9.47 Å². The van der Waals surface area contributed by atoms with Crippen LogP contribution in [0.15, 0.2) is 35.6 Å². The molecule has 0 saturated heterocycles. The van der Waals surface area contributed by atoms with E-state index >= 15 is 0 Å². The van der Waals surface area contributed by atoms with Crippen molar-refractivity contribution in [3.05, 3.63) is 42.0 Å². The van der Waals surface area contributed by atoms with Gasteiger partial charge in [-0.05, 0) is 18.2 Å². The number of rotatable bonds is 5. The SMILES string of the molecule is COc1cc(C2=NCCN2)ccc1OCc1nccn1C. The molecule has 2 heterocycles. The third-order valence-electron chi connectivity index (χ3n) is 3.39. The predicted octanol–water partition coefficient (Wildman–Crippen LogP) is 1.36. The van der Waals surface area contributed by atoms with E-state index in [1.165, 1.54) is 0 Å². The fraction of sp³-hybridized carbons (Fsp3) is 0.333. The molecule has 3 rings (SSSR count). The quantitative estimate of drug-likeness (QED) is 0.901. The number of aryl methyl sites for hydroxylation is 1. The van der Waals surface area contributed by atoms with Crippen molar-refractivity contribution in [1.29, 1.82) is 0 Å². The topological polar surface area (TPSA) is 60.7 Å². The molecule has 1 aromatic carbocycles. The number of hydrogen-bond donors (Lipinski definition) is 1. The predicted molar refractivity (Wildman–Crippen MR) is 79.9 cm³/mol. The number of benzene rings is 1. The molecule has 6 heteroatoms. The molecule has 0 spiro atoms. The van der Waals surface area contributed by atoms with Crippen molar-refractivity contribution in [3.63, 3.8) is 0 Å². The van der Waals surface area contributed by atoms with E-state index in [-0.39, 0.29) is 0 Å². The number of aromatic nitrogens is 2. The molecule has 0 radical (unpaired) electrons. The highest BCUT2D eigenvalue weighted by atomic mass is 16.5. The average molecular weight is 286 g/mol. The highest BCUT2D eigenvalue weighted by Crippen LogP contribution is 2.29. The first-order valence-electron chi connectivity index (χ1n) is 6.83. The fourth-order valence-corrected chi connectivity index (χ4v) is 2.20. The number of methoxy groups -OCH3 is 1. The average Bonchev–Trinajstić information content (AvgIpc) is 3.16. The first-order valence-corrected chi connectivity index (χ1v) is 6.83. The molecular weight excluding hydrogens is 268 g/mol. The Hall–Kier alpha value is -2.50. The minimum Gasteiger partial charge on any atom is -0.493 e. The number of nitrogens with one attached hydrogen (secondary N) is 1. The Kier molecular flexibility index (Phi) is 3.77. The van der Waals surface area contributed by atoms with Crippen molar-refractivity contribution >= 4 is 5.84 Å². The molecule has 1 aliphatic heterocycles. The second-order valence-electron chi connectivity index (χ2n) is 4.77. The molecule has 1 aromatic heterocycles. The van der Waals surface area contributed by atoms with Crippen LogP contribution in [0, 0.1) is 0 Å². The Bertz CT molecular complexity index is 663. The summed E-state index contributed by atoms with van der Waals surface area (Å²) in [7, 11) is 3.58. The van der Waals surface area contributed by atoms with E-state index in [0.717, 1.165) is 30.3 Å². The van der Waals surface area contributed by atoms with Gasteiger partial charge < -0.3 is 19.4 Å². The van der Waals surface area contributed by atoms with Gasteiger partial charge in [0.15, 0.2) is 11.5 Å². The summed E-state index contributed by atoms with van der Waals surface area (Å²) in [5.74, 6) is 3.16. The van der Waals surface area contributed by atoms with Crippen LogP contribution >= 0.6 is 0 Å². The largest absolute Gasteiger partial charge is 0.493 e. The van der Waals surface area contributed by atoms with Gasteiger partial charge >= 0.3 is 0 Å². The van der Waals surface area contributed by atoms with E-state index in [0.29, 0.717) is 18.1 Å². The molecule has 0 bridgehead atoms. The summed E-state index contributed by atoms with van der Waals surface area (Å²) in [5, 5.41) is 3.25. The van der Waals surface area contributed by atoms with Crippen LogP contribution in [0.4, 0.5) is 0 Å². The van der Waals surface area contributed by atoms with Gasteiger partial charge in [0.05, 0.1) is 13.7 Å². The second-order valence-corrected chi connectivity index (χ2v) is 4.77. The molecule has 0 atom stereocenters. The zero-order valence-electron chi connectivity index (χ0n) is 12.2. The minimum absolute atomic E-state index is 0.401. The molecule has 0 aliphatic carbocycles. The van der Waals surface area contributed by atoms with E-state index in [9.17, 15) is 0 Å². The van der Waals surface area contributed by atoms with Gasteiger partial charge in [-0.1, -0.05) is 0 Å². The van der Waals surface area contributed by atoms with Crippen LogP contribution in [-0.4, -0.2) is 35.6 Å². The normalized spacial score (nSPS) is 13.7. The zero-order chi connectivity index (χ0) is 14.7. The number of nitrogens with zero attached hydrogens (tertiary/aromatic N) is 3. The lowest BCUT2D eigenvalue weighted by atomic mass is 10.2. The van der Waals surface area contributed by atoms with Gasteiger partial charge in [0.2, 0.25) is 0 Å². The maximum atomic E-state index is 5.80. The van der Waals surface area contributed by atoms with Gasteiger partial charge in [-0.2, -0.15) is 0 Å². The van der Waals surface area contributed by atoms with E-state index < -0.39 is 0 Å². The minimum atomic E-state index is 0.401. The van der Waals surface area contributed by atoms with Crippen LogP contribution in [0.2, 0.25) is 0 Å². The first-order chi connectivity index (χ1) is 10.3. The molecule has 0 amide bonds. The number of aliphatic imine (C=N–C) groups is 1. The molecule has 1 aliphatic rings. The molecule has 110 valence electrons. The lowest BCUT2D eigenvalue weighted by molar-refractivity contribution is 0.273. The molecule has 0 fully saturated rings. The number of ether oxygens (including phenoxy) is 2. The maximum absolute atomic E-state index is 5.80. The molecule has 0 unspecified atom stereocenters. The van der Waals surface area contributed by atoms with Crippen LogP contribution in [0.25, 0.3) is 0 Å². The highest BCUT2D eigenvalue weighted by molar-refractivity contribution is 6.00. The molecular formula is C15H18N4O2. The summed E-state index contributed by atoms with van der Waals surface area (Å²) in [5.41, 5.74) is 1.01. The standard InChI is InChI=1S/C15H18N4O2/c1-19-8-7-16-14(19)10-21-12-4-3-11(9-13(12)20-2)15-17-5-6-18-15/h3-4,7-9H,5-6,10H2,1-2H3,(H,17,18). The van der Waals surface area contributed by atoms with Crippen molar-refractivity contribution in [2.75, 3.05) is 20.2 Å². The van der Waals surface area contributed by atoms with E-state index in [1.54, 1.807) is 13.3 Å². The van der Waals surface area contributed by atoms with E-state index in [2.05, 4.69) is 15.3 Å². The first kappa shape index (κ1) is 13.5. The third kappa shape index (κ3) is 2.84. The highest BCUT2D eigenvalue weighted by Gasteiger charge is 2.12. The molecule has 1 N–H and O–H groups in total. The van der Waals surface area contributed by atoms with Crippen LogP contribution in [0.5, 0.6) is 11.5 Å². The van der Waals surface area contributed by atoms with Gasteiger partial charge in [-0.3, -0.25) is 4.99 Å². The number of imidazole rings is 1. The second kappa shape index (κ2) is 5.87. The Morgan fingerprint density at radius 1 is 1.33 bits per heavy atom. The summed E-state index contributed by atoms with van der Waals surface area (Å²) < 4.78 is 13.1. The van der Waals surface area contributed by atoms with Crippen LogP contribution in [-0.2, 0) is 13.7 Å². The van der Waals surface area contributed by atoms with Crippen LogP contribution < -0.4 is 14.8 Å². The lowest BCUT2D eigenvalue weighted by Crippen LogP contribution is -2.19. The van der Waals surface area contributed by atoms with Crippen molar-refractivity contribution in [1.82, 2.24) is 14.9 Å². The van der Waals surface area contributed by atoms with E-state index in [1.807, 2.05) is 36.0 Å². The lowest BCUT2D eigenvalue weighted by Gasteiger charge is -2.12. The number of hydrogen-bond acceptors (Lipinski definition) is 5. The van der Waals surface area contributed by atoms with E-state index in [4.69, 9.17) is 9.47 Å². The van der Waals surface area contributed by atoms with Crippen molar-refractivity contribution in [3.8, 4) is 11.5 Å². The fourth-order valence-electron chi connectivity index (χ4n) is 2.20. The van der Waals surface area contributed by atoms with Gasteiger partial charge in [0.25, 0.3) is 0 Å². The Morgan fingerprint density at radius 3 is 2.90 bits per heavy atom. The van der Waals surface area contributed by atoms with Gasteiger partial charge in [0, 0.05) is 31.5 Å². The van der Waals surface area contributed by atoms with Crippen molar-refractivity contribution in [2.24, 2.45) is 12.0 Å². The molecule has 0 saturated carbocycles.